The minimum Gasteiger partial charge on any atom is -0.496 e. The van der Waals surface area contributed by atoms with Crippen LogP contribution in [0, 0.1) is 0 Å². The van der Waals surface area contributed by atoms with Crippen LogP contribution in [0.15, 0.2) is 97.6 Å². The quantitative estimate of drug-likeness (QED) is 0.317. The SMILES string of the molecule is COc1ccccc1C(=O)CN(CCOc1ccc(-n2ccnc2)cc1)Cc1ccccc1. The molecule has 0 unspecified atom stereocenters. The topological polar surface area (TPSA) is 56.6 Å². The smallest absolute Gasteiger partial charge is 0.180 e. The van der Waals surface area contributed by atoms with Crippen molar-refractivity contribution in [2.75, 3.05) is 26.8 Å². The Morgan fingerprint density at radius 1 is 0.970 bits per heavy atom. The zero-order chi connectivity index (χ0) is 22.9. The van der Waals surface area contributed by atoms with Crippen LogP contribution in [0.4, 0.5) is 0 Å². The largest absolute Gasteiger partial charge is 0.496 e. The molecular weight excluding hydrogens is 414 g/mol. The van der Waals surface area contributed by atoms with Crippen LogP contribution in [-0.4, -0.2) is 47.0 Å². The highest BCUT2D eigenvalue weighted by Crippen LogP contribution is 2.19. The molecule has 0 spiro atoms. The number of hydrogen-bond acceptors (Lipinski definition) is 5. The lowest BCUT2D eigenvalue weighted by Crippen LogP contribution is -2.33. The number of para-hydroxylation sites is 1. The summed E-state index contributed by atoms with van der Waals surface area (Å²) in [6, 6.07) is 25.3. The van der Waals surface area contributed by atoms with E-state index in [4.69, 9.17) is 9.47 Å². The fourth-order valence-corrected chi connectivity index (χ4v) is 3.64. The Labute approximate surface area is 194 Å². The number of ether oxygens (including phenoxy) is 2. The maximum atomic E-state index is 13.0. The Hall–Kier alpha value is -3.90. The van der Waals surface area contributed by atoms with E-state index >= 15 is 0 Å². The third kappa shape index (κ3) is 6.08. The Kier molecular flexibility index (Phi) is 7.51. The number of aromatic nitrogens is 2. The van der Waals surface area contributed by atoms with Crippen LogP contribution >= 0.6 is 0 Å². The highest BCUT2D eigenvalue weighted by molar-refractivity contribution is 6.00. The van der Waals surface area contributed by atoms with E-state index in [9.17, 15) is 4.79 Å². The minimum atomic E-state index is 0.0214. The number of benzene rings is 3. The Bertz CT molecular complexity index is 1140. The van der Waals surface area contributed by atoms with Gasteiger partial charge >= 0.3 is 0 Å². The second-order valence-electron chi connectivity index (χ2n) is 7.63. The monoisotopic (exact) mass is 441 g/mol. The molecule has 1 aromatic heterocycles. The van der Waals surface area contributed by atoms with E-state index < -0.39 is 0 Å². The van der Waals surface area contributed by atoms with Gasteiger partial charge in [-0.2, -0.15) is 0 Å². The number of Topliss-reactive ketones (excluding diaryl/α,β-unsaturated/α-hetero) is 1. The number of carbonyl (C=O) groups is 1. The van der Waals surface area contributed by atoms with Crippen LogP contribution in [0.25, 0.3) is 5.69 Å². The van der Waals surface area contributed by atoms with Crippen molar-refractivity contribution in [2.24, 2.45) is 0 Å². The fraction of sp³-hybridized carbons (Fsp3) is 0.185. The summed E-state index contributed by atoms with van der Waals surface area (Å²) in [4.78, 5) is 19.2. The van der Waals surface area contributed by atoms with Gasteiger partial charge in [-0.05, 0) is 42.0 Å². The molecule has 0 atom stereocenters. The first kappa shape index (κ1) is 22.3. The van der Waals surface area contributed by atoms with Crippen molar-refractivity contribution >= 4 is 5.78 Å². The lowest BCUT2D eigenvalue weighted by molar-refractivity contribution is 0.0909. The van der Waals surface area contributed by atoms with Crippen molar-refractivity contribution in [3.05, 3.63) is 109 Å². The maximum Gasteiger partial charge on any atom is 0.180 e. The molecule has 4 aromatic rings. The molecule has 0 fully saturated rings. The van der Waals surface area contributed by atoms with E-state index in [2.05, 4.69) is 22.0 Å². The van der Waals surface area contributed by atoms with Gasteiger partial charge in [0.2, 0.25) is 0 Å². The number of nitrogens with zero attached hydrogens (tertiary/aromatic N) is 3. The van der Waals surface area contributed by atoms with Crippen LogP contribution in [0.3, 0.4) is 0 Å². The van der Waals surface area contributed by atoms with Gasteiger partial charge in [-0.3, -0.25) is 9.69 Å². The van der Waals surface area contributed by atoms with Gasteiger partial charge in [-0.25, -0.2) is 4.98 Å². The first-order chi connectivity index (χ1) is 16.2. The summed E-state index contributed by atoms with van der Waals surface area (Å²) >= 11 is 0. The molecule has 3 aromatic carbocycles. The molecule has 0 aliphatic carbocycles. The standard InChI is InChI=1S/C27H27N3O3/c1-32-27-10-6-5-9-25(27)26(31)20-29(19-22-7-3-2-4-8-22)17-18-33-24-13-11-23(12-14-24)30-16-15-28-21-30/h2-16,21H,17-20H2,1H3. The number of carbonyl (C=O) groups excluding carboxylic acids is 1. The Morgan fingerprint density at radius 2 is 1.73 bits per heavy atom. The summed E-state index contributed by atoms with van der Waals surface area (Å²) in [5, 5.41) is 0. The van der Waals surface area contributed by atoms with E-state index in [1.54, 1.807) is 25.7 Å². The van der Waals surface area contributed by atoms with Crippen molar-refractivity contribution in [3.63, 3.8) is 0 Å². The number of rotatable bonds is 11. The van der Waals surface area contributed by atoms with Crippen molar-refractivity contribution < 1.29 is 14.3 Å². The molecule has 1 heterocycles. The summed E-state index contributed by atoms with van der Waals surface area (Å²) in [5.41, 5.74) is 2.76. The van der Waals surface area contributed by atoms with E-state index in [1.807, 2.05) is 71.4 Å². The van der Waals surface area contributed by atoms with Crippen molar-refractivity contribution in [3.8, 4) is 17.2 Å². The van der Waals surface area contributed by atoms with E-state index in [0.717, 1.165) is 17.0 Å². The molecule has 0 radical (unpaired) electrons. The summed E-state index contributed by atoms with van der Waals surface area (Å²) in [7, 11) is 1.58. The summed E-state index contributed by atoms with van der Waals surface area (Å²) < 4.78 is 13.3. The number of ketones is 1. The molecule has 0 aliphatic rings. The van der Waals surface area contributed by atoms with Gasteiger partial charge in [0.05, 0.1) is 25.5 Å². The molecular formula is C27H27N3O3. The number of hydrogen-bond donors (Lipinski definition) is 0. The summed E-state index contributed by atoms with van der Waals surface area (Å²) in [6.45, 7) is 2.01. The zero-order valence-electron chi connectivity index (χ0n) is 18.6. The molecule has 0 saturated carbocycles. The van der Waals surface area contributed by atoms with Crippen molar-refractivity contribution in [2.45, 2.75) is 6.54 Å². The van der Waals surface area contributed by atoms with Gasteiger partial charge in [-0.15, -0.1) is 0 Å². The third-order valence-corrected chi connectivity index (χ3v) is 5.34. The first-order valence-electron chi connectivity index (χ1n) is 10.9. The molecule has 168 valence electrons. The molecule has 6 nitrogen and oxygen atoms in total. The number of imidazole rings is 1. The molecule has 0 N–H and O–H groups in total. The highest BCUT2D eigenvalue weighted by atomic mass is 16.5. The summed E-state index contributed by atoms with van der Waals surface area (Å²) in [6.07, 6.45) is 5.41. The lowest BCUT2D eigenvalue weighted by Gasteiger charge is -2.22. The highest BCUT2D eigenvalue weighted by Gasteiger charge is 2.16. The second-order valence-corrected chi connectivity index (χ2v) is 7.63. The second kappa shape index (κ2) is 11.1. The van der Waals surface area contributed by atoms with Crippen LogP contribution in [0.1, 0.15) is 15.9 Å². The molecule has 0 amide bonds. The third-order valence-electron chi connectivity index (χ3n) is 5.34. The first-order valence-corrected chi connectivity index (χ1v) is 10.9. The van der Waals surface area contributed by atoms with Crippen LogP contribution in [0.2, 0.25) is 0 Å². The van der Waals surface area contributed by atoms with Crippen LogP contribution < -0.4 is 9.47 Å². The normalized spacial score (nSPS) is 10.8. The van der Waals surface area contributed by atoms with Gasteiger partial charge in [0, 0.05) is 31.2 Å². The summed E-state index contributed by atoms with van der Waals surface area (Å²) in [5.74, 6) is 1.40. The van der Waals surface area contributed by atoms with E-state index in [-0.39, 0.29) is 12.3 Å². The lowest BCUT2D eigenvalue weighted by atomic mass is 10.1. The Morgan fingerprint density at radius 3 is 2.45 bits per heavy atom. The van der Waals surface area contributed by atoms with E-state index in [0.29, 0.717) is 31.0 Å². The van der Waals surface area contributed by atoms with Gasteiger partial charge < -0.3 is 14.0 Å². The van der Waals surface area contributed by atoms with E-state index in [1.165, 1.54) is 0 Å². The van der Waals surface area contributed by atoms with Crippen LogP contribution in [-0.2, 0) is 6.54 Å². The minimum absolute atomic E-state index is 0.0214. The van der Waals surface area contributed by atoms with Crippen molar-refractivity contribution in [1.29, 1.82) is 0 Å². The average Bonchev–Trinajstić information content (AvgIpc) is 3.40. The molecule has 0 bridgehead atoms. The molecule has 4 rings (SSSR count). The molecule has 0 aliphatic heterocycles. The fourth-order valence-electron chi connectivity index (χ4n) is 3.64. The average molecular weight is 442 g/mol. The predicted molar refractivity (Wildman–Crippen MR) is 128 cm³/mol. The van der Waals surface area contributed by atoms with Gasteiger partial charge in [0.15, 0.2) is 5.78 Å². The maximum absolute atomic E-state index is 13.0. The number of methoxy groups -OCH3 is 1. The van der Waals surface area contributed by atoms with Gasteiger partial charge in [-0.1, -0.05) is 42.5 Å². The predicted octanol–water partition coefficient (Wildman–Crippen LogP) is 4.64. The Balaban J connectivity index is 1.39. The van der Waals surface area contributed by atoms with Crippen molar-refractivity contribution in [1.82, 2.24) is 14.5 Å². The van der Waals surface area contributed by atoms with Gasteiger partial charge in [0.1, 0.15) is 18.1 Å². The zero-order valence-corrected chi connectivity index (χ0v) is 18.6. The molecule has 0 saturated heterocycles. The van der Waals surface area contributed by atoms with Gasteiger partial charge in [0.25, 0.3) is 0 Å². The molecule has 33 heavy (non-hydrogen) atoms. The van der Waals surface area contributed by atoms with Crippen LogP contribution in [0.5, 0.6) is 11.5 Å². The molecule has 6 heteroatoms.